The van der Waals surface area contributed by atoms with Crippen LogP contribution < -0.4 is 4.90 Å². The zero-order valence-electron chi connectivity index (χ0n) is 17.9. The highest BCUT2D eigenvalue weighted by molar-refractivity contribution is 7.03. The molecule has 0 spiro atoms. The van der Waals surface area contributed by atoms with Gasteiger partial charge in [0.15, 0.2) is 11.5 Å². The number of piperidine rings is 1. The molecule has 164 valence electrons. The first kappa shape index (κ1) is 20.5. The van der Waals surface area contributed by atoms with Gasteiger partial charge >= 0.3 is 0 Å². The Morgan fingerprint density at radius 1 is 1.13 bits per heavy atom. The smallest absolute Gasteiger partial charge is 0.275 e. The first-order chi connectivity index (χ1) is 15.1. The highest BCUT2D eigenvalue weighted by Gasteiger charge is 2.37. The summed E-state index contributed by atoms with van der Waals surface area (Å²) in [6.45, 7) is 3.37. The summed E-state index contributed by atoms with van der Waals surface area (Å²) >= 11 is 1.18. The first-order valence-corrected chi connectivity index (χ1v) is 12.2. The summed E-state index contributed by atoms with van der Waals surface area (Å²) in [5.41, 5.74) is 2.18. The van der Waals surface area contributed by atoms with Crippen LogP contribution in [0.15, 0.2) is 5.38 Å². The average Bonchev–Trinajstić information content (AvgIpc) is 3.43. The van der Waals surface area contributed by atoms with Gasteiger partial charge in [0.25, 0.3) is 5.91 Å². The lowest BCUT2D eigenvalue weighted by Crippen LogP contribution is -2.40. The molecule has 1 aliphatic carbocycles. The van der Waals surface area contributed by atoms with E-state index in [0.717, 1.165) is 42.9 Å². The van der Waals surface area contributed by atoms with E-state index in [9.17, 15) is 9.59 Å². The van der Waals surface area contributed by atoms with Crippen molar-refractivity contribution in [2.75, 3.05) is 18.0 Å². The molecular formula is C22H28N6O2S. The van der Waals surface area contributed by atoms with Gasteiger partial charge in [-0.1, -0.05) is 23.8 Å². The summed E-state index contributed by atoms with van der Waals surface area (Å²) < 4.78 is 3.84. The number of carbonyl (C=O) groups excluding carboxylic acids is 2. The summed E-state index contributed by atoms with van der Waals surface area (Å²) in [4.78, 5) is 39.3. The van der Waals surface area contributed by atoms with Crippen molar-refractivity contribution >= 4 is 29.2 Å². The standard InChI is InChI=1S/C22H28N6O2S/c1-14-16-11-19(29)28(12-15-7-3-2-4-8-15)21(16)24-20(23-14)18-9-5-6-10-27(18)22(30)17-13-31-26-25-17/h13,15,18H,2-12H2,1H3/t18-/m1/s1. The van der Waals surface area contributed by atoms with Crippen molar-refractivity contribution in [2.45, 2.75) is 70.8 Å². The van der Waals surface area contributed by atoms with Gasteiger partial charge in [0.2, 0.25) is 5.91 Å². The SMILES string of the molecule is Cc1nc([C@H]2CCCCN2C(=O)c2csnn2)nc2c1CC(=O)N2CC1CCCCC1. The molecule has 4 heterocycles. The zero-order chi connectivity index (χ0) is 21.4. The second-order valence-electron chi connectivity index (χ2n) is 8.95. The van der Waals surface area contributed by atoms with Crippen LogP contribution in [0.4, 0.5) is 5.82 Å². The number of amides is 2. The maximum atomic E-state index is 13.1. The first-order valence-electron chi connectivity index (χ1n) is 11.4. The zero-order valence-corrected chi connectivity index (χ0v) is 18.7. The van der Waals surface area contributed by atoms with Crippen LogP contribution in [0.3, 0.4) is 0 Å². The molecule has 2 aliphatic heterocycles. The number of aromatic nitrogens is 4. The third-order valence-electron chi connectivity index (χ3n) is 6.90. The van der Waals surface area contributed by atoms with Crippen molar-refractivity contribution in [3.8, 4) is 0 Å². The Hall–Kier alpha value is -2.42. The number of fused-ring (bicyclic) bond motifs is 1. The molecule has 2 fully saturated rings. The van der Waals surface area contributed by atoms with Crippen molar-refractivity contribution in [1.29, 1.82) is 0 Å². The Morgan fingerprint density at radius 3 is 2.71 bits per heavy atom. The van der Waals surface area contributed by atoms with Crippen LogP contribution >= 0.6 is 11.5 Å². The predicted octanol–water partition coefficient (Wildman–Crippen LogP) is 3.47. The van der Waals surface area contributed by atoms with Crippen molar-refractivity contribution < 1.29 is 9.59 Å². The van der Waals surface area contributed by atoms with Crippen LogP contribution in [0.25, 0.3) is 0 Å². The van der Waals surface area contributed by atoms with Crippen LogP contribution in [-0.2, 0) is 11.2 Å². The molecule has 0 unspecified atom stereocenters. The molecule has 2 amide bonds. The van der Waals surface area contributed by atoms with Crippen molar-refractivity contribution in [3.05, 3.63) is 28.2 Å². The Bertz CT molecular complexity index is 973. The number of anilines is 1. The molecule has 0 N–H and O–H groups in total. The third kappa shape index (κ3) is 3.95. The molecule has 0 aromatic carbocycles. The molecule has 1 saturated heterocycles. The van der Waals surface area contributed by atoms with Crippen LogP contribution in [0.5, 0.6) is 0 Å². The molecule has 31 heavy (non-hydrogen) atoms. The molecule has 8 nitrogen and oxygen atoms in total. The average molecular weight is 441 g/mol. The highest BCUT2D eigenvalue weighted by Crippen LogP contribution is 2.36. The van der Waals surface area contributed by atoms with Crippen molar-refractivity contribution in [1.82, 2.24) is 24.5 Å². The van der Waals surface area contributed by atoms with Crippen molar-refractivity contribution in [3.63, 3.8) is 0 Å². The molecule has 2 aromatic heterocycles. The van der Waals surface area contributed by atoms with E-state index in [1.807, 2.05) is 16.7 Å². The number of nitrogens with zero attached hydrogens (tertiary/aromatic N) is 6. The highest BCUT2D eigenvalue weighted by atomic mass is 32.1. The molecule has 1 saturated carbocycles. The Labute approximate surface area is 186 Å². The van der Waals surface area contributed by atoms with E-state index in [1.54, 1.807) is 5.38 Å². The van der Waals surface area contributed by atoms with Gasteiger partial charge in [0.1, 0.15) is 5.82 Å². The molecule has 9 heteroatoms. The lowest BCUT2D eigenvalue weighted by molar-refractivity contribution is -0.117. The molecule has 0 radical (unpaired) electrons. The molecule has 0 bridgehead atoms. The monoisotopic (exact) mass is 440 g/mol. The summed E-state index contributed by atoms with van der Waals surface area (Å²) in [6.07, 6.45) is 9.34. The van der Waals surface area contributed by atoms with Gasteiger partial charge in [0.05, 0.1) is 12.5 Å². The van der Waals surface area contributed by atoms with E-state index in [0.29, 0.717) is 30.4 Å². The third-order valence-corrected chi connectivity index (χ3v) is 7.41. The number of rotatable bonds is 4. The number of hydrogen-bond donors (Lipinski definition) is 0. The summed E-state index contributed by atoms with van der Waals surface area (Å²) in [5.74, 6) is 1.98. The fraction of sp³-hybridized carbons (Fsp3) is 0.636. The number of likely N-dealkylation sites (tertiary alicyclic amines) is 1. The maximum Gasteiger partial charge on any atom is 0.275 e. The lowest BCUT2D eigenvalue weighted by Gasteiger charge is -2.34. The molecular weight excluding hydrogens is 412 g/mol. The van der Waals surface area contributed by atoms with Gasteiger partial charge in [0, 0.05) is 29.7 Å². The van der Waals surface area contributed by atoms with Gasteiger partial charge < -0.3 is 4.90 Å². The second kappa shape index (κ2) is 8.61. The number of aryl methyl sites for hydroxylation is 1. The number of carbonyl (C=O) groups is 2. The number of hydrogen-bond acceptors (Lipinski definition) is 7. The van der Waals surface area contributed by atoms with Crippen LogP contribution in [-0.4, -0.2) is 49.4 Å². The Kier molecular flexibility index (Phi) is 5.69. The van der Waals surface area contributed by atoms with E-state index >= 15 is 0 Å². The van der Waals surface area contributed by atoms with Gasteiger partial charge in [-0.05, 0) is 56.5 Å². The van der Waals surface area contributed by atoms with E-state index in [2.05, 4.69) is 9.59 Å². The van der Waals surface area contributed by atoms with Gasteiger partial charge in [-0.25, -0.2) is 9.97 Å². The predicted molar refractivity (Wildman–Crippen MR) is 117 cm³/mol. The van der Waals surface area contributed by atoms with Crippen LogP contribution in [0, 0.1) is 12.8 Å². The van der Waals surface area contributed by atoms with Gasteiger partial charge in [-0.2, -0.15) is 0 Å². The summed E-state index contributed by atoms with van der Waals surface area (Å²) in [7, 11) is 0. The lowest BCUT2D eigenvalue weighted by atomic mass is 9.89. The fourth-order valence-corrected chi connectivity index (χ4v) is 5.64. The van der Waals surface area contributed by atoms with E-state index < -0.39 is 0 Å². The molecule has 3 aliphatic rings. The topological polar surface area (TPSA) is 92.2 Å². The van der Waals surface area contributed by atoms with Gasteiger partial charge in [-0.3, -0.25) is 14.5 Å². The van der Waals surface area contributed by atoms with E-state index in [4.69, 9.17) is 9.97 Å². The molecule has 1 atom stereocenters. The fourth-order valence-electron chi connectivity index (χ4n) is 5.21. The molecule has 2 aromatic rings. The second-order valence-corrected chi connectivity index (χ2v) is 9.56. The largest absolute Gasteiger partial charge is 0.327 e. The minimum atomic E-state index is -0.195. The van der Waals surface area contributed by atoms with Gasteiger partial charge in [-0.15, -0.1) is 5.10 Å². The van der Waals surface area contributed by atoms with Crippen LogP contribution in [0.1, 0.15) is 85.0 Å². The maximum absolute atomic E-state index is 13.1. The minimum Gasteiger partial charge on any atom is -0.327 e. The summed E-state index contributed by atoms with van der Waals surface area (Å²) in [5, 5.41) is 5.65. The summed E-state index contributed by atoms with van der Waals surface area (Å²) in [6, 6.07) is -0.195. The normalized spacial score (nSPS) is 22.1. The Balaban J connectivity index is 1.45. The minimum absolute atomic E-state index is 0.115. The van der Waals surface area contributed by atoms with Crippen molar-refractivity contribution in [2.24, 2.45) is 5.92 Å². The van der Waals surface area contributed by atoms with Crippen LogP contribution in [0.2, 0.25) is 0 Å². The van der Waals surface area contributed by atoms with E-state index in [1.165, 1.54) is 43.6 Å². The van der Waals surface area contributed by atoms with E-state index in [-0.39, 0.29) is 17.9 Å². The quantitative estimate of drug-likeness (QED) is 0.723. The molecule has 5 rings (SSSR count). The Morgan fingerprint density at radius 2 is 1.94 bits per heavy atom.